The summed E-state index contributed by atoms with van der Waals surface area (Å²) >= 11 is 3.46. The number of allylic oxidation sites excluding steroid dienone is 2. The van der Waals surface area contributed by atoms with Gasteiger partial charge in [-0.25, -0.2) is 0 Å². The number of hydrogen-bond donors (Lipinski definition) is 1. The molecule has 0 radical (unpaired) electrons. The fourth-order valence-corrected chi connectivity index (χ4v) is 3.46. The molecule has 0 spiro atoms. The number of halogens is 1. The highest BCUT2D eigenvalue weighted by Crippen LogP contribution is 2.32. The molecule has 2 nitrogen and oxygen atoms in total. The first-order chi connectivity index (χ1) is 12.3. The number of phenols is 1. The van der Waals surface area contributed by atoms with Crippen molar-refractivity contribution in [2.45, 2.75) is 41.0 Å². The second-order valence-corrected chi connectivity index (χ2v) is 8.32. The van der Waals surface area contributed by atoms with Gasteiger partial charge in [-0.1, -0.05) is 64.1 Å². The minimum Gasteiger partial charge on any atom is -0.506 e. The van der Waals surface area contributed by atoms with Crippen LogP contribution in [-0.2, 0) is 0 Å². The van der Waals surface area contributed by atoms with Crippen LogP contribution >= 0.6 is 15.9 Å². The van der Waals surface area contributed by atoms with Crippen LogP contribution in [0.4, 0.5) is 0 Å². The molecule has 0 aliphatic rings. The minimum absolute atomic E-state index is 0.228. The van der Waals surface area contributed by atoms with Gasteiger partial charge in [-0.2, -0.15) is 0 Å². The van der Waals surface area contributed by atoms with Crippen molar-refractivity contribution in [1.29, 1.82) is 0 Å². The Morgan fingerprint density at radius 2 is 1.77 bits per heavy atom. The van der Waals surface area contributed by atoms with Crippen molar-refractivity contribution in [2.75, 3.05) is 0 Å². The average molecular weight is 414 g/mol. The van der Waals surface area contributed by atoms with E-state index >= 15 is 0 Å². The summed E-state index contributed by atoms with van der Waals surface area (Å²) in [7, 11) is 0. The van der Waals surface area contributed by atoms with Crippen LogP contribution in [0.15, 0.2) is 63.7 Å². The second-order valence-electron chi connectivity index (χ2n) is 7.47. The highest BCUT2D eigenvalue weighted by atomic mass is 79.9. The van der Waals surface area contributed by atoms with E-state index in [2.05, 4.69) is 49.7 Å². The van der Waals surface area contributed by atoms with Gasteiger partial charge >= 0.3 is 0 Å². The zero-order valence-corrected chi connectivity index (χ0v) is 17.8. The molecule has 0 aliphatic carbocycles. The van der Waals surface area contributed by atoms with Crippen molar-refractivity contribution >= 4 is 21.6 Å². The van der Waals surface area contributed by atoms with Crippen LogP contribution < -0.4 is 0 Å². The van der Waals surface area contributed by atoms with Crippen LogP contribution in [0.25, 0.3) is 0 Å². The molecule has 2 aromatic rings. The average Bonchev–Trinajstić information content (AvgIpc) is 2.55. The van der Waals surface area contributed by atoms with Crippen molar-refractivity contribution in [2.24, 2.45) is 16.8 Å². The number of aromatic hydroxyl groups is 1. The lowest BCUT2D eigenvalue weighted by molar-refractivity contribution is 0.470. The number of aliphatic imine (C=N–C) groups is 1. The molecule has 0 bridgehead atoms. The van der Waals surface area contributed by atoms with Gasteiger partial charge in [-0.15, -0.1) is 0 Å². The standard InChI is InChI=1S/C23H28BrNO/c1-15(2)11-19(12-16(3)4)25-22(18-9-7-6-8-10-18)20-13-17(5)14-21(24)23(20)26/h6-11,13-16,26H,12H2,1-5H3/b19-11-,25-22?. The number of hydrogen-bond acceptors (Lipinski definition) is 2. The second kappa shape index (κ2) is 9.18. The van der Waals surface area contributed by atoms with Gasteiger partial charge in [0.05, 0.1) is 10.2 Å². The van der Waals surface area contributed by atoms with Crippen LogP contribution in [0.5, 0.6) is 5.75 Å². The predicted molar refractivity (Wildman–Crippen MR) is 115 cm³/mol. The van der Waals surface area contributed by atoms with Gasteiger partial charge in [0, 0.05) is 16.8 Å². The molecule has 0 fully saturated rings. The monoisotopic (exact) mass is 413 g/mol. The molecular formula is C23H28BrNO. The topological polar surface area (TPSA) is 32.6 Å². The molecule has 138 valence electrons. The lowest BCUT2D eigenvalue weighted by Crippen LogP contribution is -2.06. The van der Waals surface area contributed by atoms with E-state index in [0.29, 0.717) is 16.3 Å². The first-order valence-electron chi connectivity index (χ1n) is 9.12. The zero-order valence-electron chi connectivity index (χ0n) is 16.3. The van der Waals surface area contributed by atoms with Crippen LogP contribution in [0.2, 0.25) is 0 Å². The number of aryl methyl sites for hydroxylation is 1. The van der Waals surface area contributed by atoms with Gasteiger partial charge in [0.1, 0.15) is 5.75 Å². The Balaban J connectivity index is 2.69. The molecule has 2 aromatic carbocycles. The Morgan fingerprint density at radius 1 is 1.12 bits per heavy atom. The molecule has 3 heteroatoms. The first kappa shape index (κ1) is 20.4. The summed E-state index contributed by atoms with van der Waals surface area (Å²) in [6, 6.07) is 14.0. The summed E-state index contributed by atoms with van der Waals surface area (Å²) in [4.78, 5) is 5.04. The van der Waals surface area contributed by atoms with Crippen molar-refractivity contribution in [3.63, 3.8) is 0 Å². The van der Waals surface area contributed by atoms with Crippen molar-refractivity contribution < 1.29 is 5.11 Å². The van der Waals surface area contributed by atoms with Gasteiger partial charge in [-0.05, 0) is 58.8 Å². The van der Waals surface area contributed by atoms with Gasteiger partial charge in [0.25, 0.3) is 0 Å². The quantitative estimate of drug-likeness (QED) is 0.513. The Hall–Kier alpha value is -1.87. The number of nitrogens with zero attached hydrogens (tertiary/aromatic N) is 1. The minimum atomic E-state index is 0.228. The van der Waals surface area contributed by atoms with Crippen LogP contribution in [0, 0.1) is 18.8 Å². The van der Waals surface area contributed by atoms with E-state index in [4.69, 9.17) is 4.99 Å². The summed E-state index contributed by atoms with van der Waals surface area (Å²) < 4.78 is 0.689. The maximum Gasteiger partial charge on any atom is 0.139 e. The third kappa shape index (κ3) is 5.57. The molecule has 0 aromatic heterocycles. The third-order valence-electron chi connectivity index (χ3n) is 3.91. The SMILES string of the molecule is Cc1cc(Br)c(O)c(C(=N/C(=C\C(C)C)CC(C)C)c2ccccc2)c1. The maximum absolute atomic E-state index is 10.7. The molecule has 0 atom stereocenters. The molecule has 0 unspecified atom stereocenters. The summed E-state index contributed by atoms with van der Waals surface area (Å²) in [6.45, 7) is 10.8. The fourth-order valence-electron chi connectivity index (χ4n) is 2.89. The lowest BCUT2D eigenvalue weighted by atomic mass is 9.98. The highest BCUT2D eigenvalue weighted by molar-refractivity contribution is 9.10. The Labute approximate surface area is 165 Å². The van der Waals surface area contributed by atoms with Gasteiger partial charge in [0.2, 0.25) is 0 Å². The predicted octanol–water partition coefficient (Wildman–Crippen LogP) is 6.89. The smallest absolute Gasteiger partial charge is 0.139 e. The molecule has 0 heterocycles. The summed E-state index contributed by atoms with van der Waals surface area (Å²) in [5.74, 6) is 1.16. The normalized spacial score (nSPS) is 12.9. The molecule has 0 saturated carbocycles. The number of rotatable bonds is 6. The van der Waals surface area contributed by atoms with Crippen molar-refractivity contribution in [1.82, 2.24) is 0 Å². The number of phenolic OH excluding ortho intramolecular Hbond substituents is 1. The van der Waals surface area contributed by atoms with E-state index < -0.39 is 0 Å². The Bertz CT molecular complexity index is 804. The largest absolute Gasteiger partial charge is 0.506 e. The maximum atomic E-state index is 10.7. The van der Waals surface area contributed by atoms with E-state index in [-0.39, 0.29) is 5.75 Å². The Kier molecular flexibility index (Phi) is 7.22. The van der Waals surface area contributed by atoms with E-state index in [9.17, 15) is 5.11 Å². The molecule has 0 saturated heterocycles. The molecule has 2 rings (SSSR count). The van der Waals surface area contributed by atoms with Gasteiger partial charge < -0.3 is 5.11 Å². The van der Waals surface area contributed by atoms with Gasteiger partial charge in [-0.3, -0.25) is 4.99 Å². The van der Waals surface area contributed by atoms with E-state index in [1.54, 1.807) is 0 Å². The van der Waals surface area contributed by atoms with E-state index in [1.165, 1.54) is 0 Å². The molecular weight excluding hydrogens is 386 g/mol. The van der Waals surface area contributed by atoms with Crippen LogP contribution in [0.1, 0.15) is 50.8 Å². The highest BCUT2D eigenvalue weighted by Gasteiger charge is 2.16. The molecule has 0 amide bonds. The van der Waals surface area contributed by atoms with E-state index in [0.717, 1.165) is 34.5 Å². The van der Waals surface area contributed by atoms with E-state index in [1.807, 2.05) is 49.4 Å². The zero-order chi connectivity index (χ0) is 19.3. The summed E-state index contributed by atoms with van der Waals surface area (Å²) in [5.41, 5.74) is 4.69. The molecule has 1 N–H and O–H groups in total. The number of benzene rings is 2. The van der Waals surface area contributed by atoms with Gasteiger partial charge in [0.15, 0.2) is 0 Å². The Morgan fingerprint density at radius 3 is 2.35 bits per heavy atom. The lowest BCUT2D eigenvalue weighted by Gasteiger charge is -2.15. The fraction of sp³-hybridized carbons (Fsp3) is 0.348. The summed E-state index contributed by atoms with van der Waals surface area (Å²) in [6.07, 6.45) is 3.12. The molecule has 0 aliphatic heterocycles. The van der Waals surface area contributed by atoms with Crippen molar-refractivity contribution in [3.8, 4) is 5.75 Å². The summed E-state index contributed by atoms with van der Waals surface area (Å²) in [5, 5.41) is 10.7. The van der Waals surface area contributed by atoms with Crippen molar-refractivity contribution in [3.05, 3.63) is 75.4 Å². The molecule has 26 heavy (non-hydrogen) atoms. The van der Waals surface area contributed by atoms with Crippen LogP contribution in [-0.4, -0.2) is 10.8 Å². The van der Waals surface area contributed by atoms with Crippen LogP contribution in [0.3, 0.4) is 0 Å². The third-order valence-corrected chi connectivity index (χ3v) is 4.51. The first-order valence-corrected chi connectivity index (χ1v) is 9.91.